The van der Waals surface area contributed by atoms with E-state index in [1.807, 2.05) is 0 Å². The Labute approximate surface area is 117 Å². The van der Waals surface area contributed by atoms with Gasteiger partial charge in [0, 0.05) is 19.1 Å². The molecule has 112 valence electrons. The van der Waals surface area contributed by atoms with Crippen LogP contribution in [0, 0.1) is 11.8 Å². The molecule has 0 aromatic carbocycles. The number of nitrogens with two attached hydrogens (primary N) is 1. The summed E-state index contributed by atoms with van der Waals surface area (Å²) in [5.41, 5.74) is 5.05. The van der Waals surface area contributed by atoms with Crippen molar-refractivity contribution in [3.05, 3.63) is 0 Å². The van der Waals surface area contributed by atoms with Crippen LogP contribution in [0.15, 0.2) is 0 Å². The van der Waals surface area contributed by atoms with E-state index in [9.17, 15) is 9.90 Å². The second kappa shape index (κ2) is 6.71. The fraction of sp³-hybridized carbons (Fsp3) is 0.933. The van der Waals surface area contributed by atoms with Crippen molar-refractivity contribution in [2.45, 2.75) is 65.0 Å². The van der Waals surface area contributed by atoms with Crippen LogP contribution in [0.1, 0.15) is 53.4 Å². The maximum atomic E-state index is 11.3. The van der Waals surface area contributed by atoms with Crippen molar-refractivity contribution >= 4 is 5.97 Å². The van der Waals surface area contributed by atoms with E-state index >= 15 is 0 Å². The van der Waals surface area contributed by atoms with E-state index in [0.29, 0.717) is 30.7 Å². The van der Waals surface area contributed by atoms with E-state index in [-0.39, 0.29) is 0 Å². The van der Waals surface area contributed by atoms with Crippen LogP contribution in [-0.2, 0) is 4.79 Å². The predicted molar refractivity (Wildman–Crippen MR) is 78.1 cm³/mol. The first kappa shape index (κ1) is 16.4. The number of aliphatic carboxylic acids is 1. The summed E-state index contributed by atoms with van der Waals surface area (Å²) in [7, 11) is 0. The van der Waals surface area contributed by atoms with E-state index in [1.54, 1.807) is 0 Å². The van der Waals surface area contributed by atoms with Gasteiger partial charge in [-0.1, -0.05) is 27.7 Å². The molecule has 1 aliphatic carbocycles. The van der Waals surface area contributed by atoms with Crippen LogP contribution in [0.3, 0.4) is 0 Å². The molecule has 1 fully saturated rings. The van der Waals surface area contributed by atoms with Gasteiger partial charge >= 0.3 is 5.97 Å². The minimum atomic E-state index is -1.02. The van der Waals surface area contributed by atoms with Crippen LogP contribution < -0.4 is 5.73 Å². The second-order valence-corrected chi connectivity index (χ2v) is 6.95. The van der Waals surface area contributed by atoms with Gasteiger partial charge in [0.1, 0.15) is 5.54 Å². The zero-order valence-electron chi connectivity index (χ0n) is 12.9. The van der Waals surface area contributed by atoms with Gasteiger partial charge in [0.25, 0.3) is 0 Å². The van der Waals surface area contributed by atoms with E-state index in [2.05, 4.69) is 32.6 Å². The number of nitrogens with zero attached hydrogens (tertiary/aromatic N) is 1. The lowest BCUT2D eigenvalue weighted by molar-refractivity contribution is -0.145. The van der Waals surface area contributed by atoms with Gasteiger partial charge in [0.15, 0.2) is 0 Å². The van der Waals surface area contributed by atoms with Crippen molar-refractivity contribution in [3.8, 4) is 0 Å². The van der Waals surface area contributed by atoms with Gasteiger partial charge in [-0.05, 0) is 37.5 Å². The third-order valence-corrected chi connectivity index (χ3v) is 3.90. The molecule has 4 nitrogen and oxygen atoms in total. The van der Waals surface area contributed by atoms with Crippen molar-refractivity contribution in [3.63, 3.8) is 0 Å². The van der Waals surface area contributed by atoms with E-state index in [4.69, 9.17) is 5.73 Å². The summed E-state index contributed by atoms with van der Waals surface area (Å²) in [6, 6.07) is 0.319. The molecule has 0 spiro atoms. The molecule has 3 N–H and O–H groups in total. The molecule has 1 rings (SSSR count). The molecule has 0 heterocycles. The van der Waals surface area contributed by atoms with Crippen LogP contribution >= 0.6 is 0 Å². The summed E-state index contributed by atoms with van der Waals surface area (Å²) in [4.78, 5) is 13.8. The number of hydrogen-bond donors (Lipinski definition) is 2. The molecule has 0 aromatic heterocycles. The van der Waals surface area contributed by atoms with Crippen LogP contribution in [0.2, 0.25) is 0 Å². The Hall–Kier alpha value is -0.610. The highest BCUT2D eigenvalue weighted by molar-refractivity contribution is 5.78. The Bertz CT molecular complexity index is 295. The largest absolute Gasteiger partial charge is 0.480 e. The lowest BCUT2D eigenvalue weighted by atomic mass is 9.79. The molecule has 0 aromatic rings. The van der Waals surface area contributed by atoms with Crippen LogP contribution in [0.25, 0.3) is 0 Å². The summed E-state index contributed by atoms with van der Waals surface area (Å²) in [5, 5.41) is 9.32. The maximum absolute atomic E-state index is 11.3. The Balaban J connectivity index is 2.75. The molecular formula is C15H30N2O2. The van der Waals surface area contributed by atoms with E-state index in [0.717, 1.165) is 25.9 Å². The topological polar surface area (TPSA) is 66.6 Å². The number of carbonyl (C=O) groups is 1. The van der Waals surface area contributed by atoms with Gasteiger partial charge in [-0.15, -0.1) is 0 Å². The van der Waals surface area contributed by atoms with Crippen molar-refractivity contribution in [2.24, 2.45) is 17.6 Å². The van der Waals surface area contributed by atoms with Crippen molar-refractivity contribution in [1.82, 2.24) is 4.90 Å². The minimum absolute atomic E-state index is 0.319. The summed E-state index contributed by atoms with van der Waals surface area (Å²) in [5.74, 6) is 0.349. The molecular weight excluding hydrogens is 240 g/mol. The van der Waals surface area contributed by atoms with Gasteiger partial charge in [0.2, 0.25) is 0 Å². The highest BCUT2D eigenvalue weighted by Crippen LogP contribution is 2.30. The average Bonchev–Trinajstić information content (AvgIpc) is 2.26. The van der Waals surface area contributed by atoms with Crippen molar-refractivity contribution in [1.29, 1.82) is 0 Å². The van der Waals surface area contributed by atoms with Gasteiger partial charge < -0.3 is 10.8 Å². The minimum Gasteiger partial charge on any atom is -0.480 e. The molecule has 1 saturated carbocycles. The first-order valence-electron chi connectivity index (χ1n) is 7.51. The molecule has 4 heteroatoms. The smallest absolute Gasteiger partial charge is 0.323 e. The van der Waals surface area contributed by atoms with E-state index < -0.39 is 11.5 Å². The second-order valence-electron chi connectivity index (χ2n) is 6.95. The van der Waals surface area contributed by atoms with Crippen molar-refractivity contribution < 1.29 is 9.90 Å². The Morgan fingerprint density at radius 3 is 2.26 bits per heavy atom. The maximum Gasteiger partial charge on any atom is 0.323 e. The van der Waals surface area contributed by atoms with Crippen molar-refractivity contribution in [2.75, 3.05) is 13.1 Å². The third kappa shape index (κ3) is 4.77. The van der Waals surface area contributed by atoms with Crippen LogP contribution in [-0.4, -0.2) is 40.6 Å². The fourth-order valence-corrected chi connectivity index (χ4v) is 3.09. The highest BCUT2D eigenvalue weighted by Gasteiger charge is 2.41. The molecule has 0 aliphatic heterocycles. The standard InChI is InChI=1S/C15H30N2O2/c1-11(2)9-17(10-12(3)4)13-6-5-7-15(16,8-13)14(18)19/h11-13H,5-10,16H2,1-4H3,(H,18,19). The van der Waals surface area contributed by atoms with Gasteiger partial charge in [-0.2, -0.15) is 0 Å². The quantitative estimate of drug-likeness (QED) is 0.777. The molecule has 19 heavy (non-hydrogen) atoms. The number of carboxylic acid groups (broad SMARTS) is 1. The first-order chi connectivity index (χ1) is 8.74. The van der Waals surface area contributed by atoms with Crippen LogP contribution in [0.5, 0.6) is 0 Å². The predicted octanol–water partition coefficient (Wildman–Crippen LogP) is 2.33. The zero-order chi connectivity index (χ0) is 14.6. The monoisotopic (exact) mass is 270 g/mol. The summed E-state index contributed by atoms with van der Waals surface area (Å²) >= 11 is 0. The Kier molecular flexibility index (Phi) is 5.81. The average molecular weight is 270 g/mol. The molecule has 2 atom stereocenters. The highest BCUT2D eigenvalue weighted by atomic mass is 16.4. The zero-order valence-corrected chi connectivity index (χ0v) is 12.9. The Morgan fingerprint density at radius 2 is 1.84 bits per heavy atom. The fourth-order valence-electron chi connectivity index (χ4n) is 3.09. The number of rotatable bonds is 6. The molecule has 0 amide bonds. The number of carboxylic acids is 1. The molecule has 0 saturated heterocycles. The molecule has 1 aliphatic rings. The molecule has 2 unspecified atom stereocenters. The molecule has 0 radical (unpaired) electrons. The summed E-state index contributed by atoms with van der Waals surface area (Å²) in [6.45, 7) is 10.9. The lowest BCUT2D eigenvalue weighted by Gasteiger charge is -2.42. The third-order valence-electron chi connectivity index (χ3n) is 3.90. The SMILES string of the molecule is CC(C)CN(CC(C)C)C1CCCC(N)(C(=O)O)C1. The summed E-state index contributed by atoms with van der Waals surface area (Å²) < 4.78 is 0. The van der Waals surface area contributed by atoms with Gasteiger partial charge in [0.05, 0.1) is 0 Å². The Morgan fingerprint density at radius 1 is 1.32 bits per heavy atom. The molecule has 0 bridgehead atoms. The van der Waals surface area contributed by atoms with Crippen LogP contribution in [0.4, 0.5) is 0 Å². The lowest BCUT2D eigenvalue weighted by Crippen LogP contribution is -2.56. The first-order valence-corrected chi connectivity index (χ1v) is 7.51. The number of hydrogen-bond acceptors (Lipinski definition) is 3. The van der Waals surface area contributed by atoms with E-state index in [1.165, 1.54) is 0 Å². The van der Waals surface area contributed by atoms with Gasteiger partial charge in [-0.25, -0.2) is 0 Å². The van der Waals surface area contributed by atoms with Gasteiger partial charge in [-0.3, -0.25) is 9.69 Å². The summed E-state index contributed by atoms with van der Waals surface area (Å²) in [6.07, 6.45) is 3.18. The normalized spacial score (nSPS) is 28.3.